The van der Waals surface area contributed by atoms with Crippen LogP contribution >= 0.6 is 0 Å². The molecule has 2 aliphatic heterocycles. The van der Waals surface area contributed by atoms with Crippen molar-refractivity contribution in [3.05, 3.63) is 53.9 Å². The van der Waals surface area contributed by atoms with Gasteiger partial charge in [-0.3, -0.25) is 4.98 Å². The summed E-state index contributed by atoms with van der Waals surface area (Å²) < 4.78 is 33.9. The number of benzene rings is 1. The van der Waals surface area contributed by atoms with Gasteiger partial charge in [-0.05, 0) is 54.7 Å². The Labute approximate surface area is 148 Å². The second-order valence-electron chi connectivity index (χ2n) is 7.12. The Morgan fingerprint density at radius 3 is 2.84 bits per heavy atom. The van der Waals surface area contributed by atoms with E-state index in [4.69, 9.17) is 4.74 Å². The molecule has 132 valence electrons. The van der Waals surface area contributed by atoms with Gasteiger partial charge in [0.2, 0.25) is 10.0 Å². The van der Waals surface area contributed by atoms with Crippen molar-refractivity contribution >= 4 is 10.0 Å². The molecule has 2 aromatic rings. The fourth-order valence-corrected chi connectivity index (χ4v) is 5.64. The van der Waals surface area contributed by atoms with Gasteiger partial charge in [0.25, 0.3) is 0 Å². The fraction of sp³-hybridized carbons (Fsp3) is 0.421. The Hall–Kier alpha value is -1.92. The molecule has 1 fully saturated rings. The van der Waals surface area contributed by atoms with E-state index in [9.17, 15) is 8.42 Å². The maximum absolute atomic E-state index is 13.3. The topological polar surface area (TPSA) is 59.5 Å². The molecule has 0 spiro atoms. The Kier molecular flexibility index (Phi) is 4.04. The lowest BCUT2D eigenvalue weighted by Gasteiger charge is -2.24. The molecule has 3 atom stereocenters. The number of hydrogen-bond donors (Lipinski definition) is 0. The highest BCUT2D eigenvalue weighted by Crippen LogP contribution is 2.40. The summed E-state index contributed by atoms with van der Waals surface area (Å²) in [5, 5.41) is 0. The number of aromatic nitrogens is 1. The average Bonchev–Trinajstić information content (AvgIpc) is 3.17. The van der Waals surface area contributed by atoms with Crippen LogP contribution in [-0.4, -0.2) is 30.4 Å². The zero-order valence-electron chi connectivity index (χ0n) is 14.4. The molecule has 4 rings (SSSR count). The third-order valence-electron chi connectivity index (χ3n) is 5.01. The zero-order chi connectivity index (χ0) is 17.6. The quantitative estimate of drug-likeness (QED) is 0.845. The van der Waals surface area contributed by atoms with Gasteiger partial charge in [-0.15, -0.1) is 0 Å². The Morgan fingerprint density at radius 2 is 2.08 bits per heavy atom. The van der Waals surface area contributed by atoms with Crippen molar-refractivity contribution in [1.82, 2.24) is 9.29 Å². The zero-order valence-corrected chi connectivity index (χ0v) is 15.2. The van der Waals surface area contributed by atoms with Crippen LogP contribution < -0.4 is 4.74 Å². The smallest absolute Gasteiger partial charge is 0.243 e. The van der Waals surface area contributed by atoms with Crippen molar-refractivity contribution in [2.24, 2.45) is 5.92 Å². The summed E-state index contributed by atoms with van der Waals surface area (Å²) in [5.74, 6) is 1.11. The molecule has 0 N–H and O–H groups in total. The van der Waals surface area contributed by atoms with Gasteiger partial charge < -0.3 is 4.74 Å². The Bertz CT molecular complexity index is 883. The van der Waals surface area contributed by atoms with Crippen molar-refractivity contribution in [3.8, 4) is 5.75 Å². The summed E-state index contributed by atoms with van der Waals surface area (Å²) in [4.78, 5) is 4.51. The van der Waals surface area contributed by atoms with Crippen LogP contribution in [0.5, 0.6) is 5.75 Å². The number of sulfonamides is 1. The minimum absolute atomic E-state index is 0.0999. The highest BCUT2D eigenvalue weighted by molar-refractivity contribution is 7.89. The number of nitrogens with zero attached hydrogens (tertiary/aromatic N) is 2. The fourth-order valence-electron chi connectivity index (χ4n) is 3.84. The number of hydrogen-bond acceptors (Lipinski definition) is 4. The molecule has 2 aliphatic rings. The highest BCUT2D eigenvalue weighted by atomic mass is 32.2. The van der Waals surface area contributed by atoms with Crippen molar-refractivity contribution in [2.75, 3.05) is 6.54 Å². The molecule has 1 saturated heterocycles. The van der Waals surface area contributed by atoms with Gasteiger partial charge in [0.15, 0.2) is 0 Å². The second-order valence-corrected chi connectivity index (χ2v) is 9.01. The Balaban J connectivity index is 1.71. The number of ether oxygens (including phenoxy) is 1. The van der Waals surface area contributed by atoms with E-state index >= 15 is 0 Å². The molecule has 25 heavy (non-hydrogen) atoms. The normalized spacial score (nSPS) is 26.4. The van der Waals surface area contributed by atoms with E-state index in [0.717, 1.165) is 29.7 Å². The van der Waals surface area contributed by atoms with Gasteiger partial charge in [-0.25, -0.2) is 8.42 Å². The lowest BCUT2D eigenvalue weighted by molar-refractivity contribution is 0.254. The van der Waals surface area contributed by atoms with Gasteiger partial charge in [-0.1, -0.05) is 13.0 Å². The first kappa shape index (κ1) is 16.5. The van der Waals surface area contributed by atoms with Crippen molar-refractivity contribution < 1.29 is 13.2 Å². The van der Waals surface area contributed by atoms with Crippen molar-refractivity contribution in [3.63, 3.8) is 0 Å². The predicted octanol–water partition coefficient (Wildman–Crippen LogP) is 3.18. The molecular formula is C19H22N2O3S. The van der Waals surface area contributed by atoms with Crippen LogP contribution in [0.3, 0.4) is 0 Å². The van der Waals surface area contributed by atoms with Crippen LogP contribution in [0.1, 0.15) is 37.4 Å². The van der Waals surface area contributed by atoms with Crippen molar-refractivity contribution in [2.45, 2.75) is 43.7 Å². The summed E-state index contributed by atoms with van der Waals surface area (Å²) in [6.45, 7) is 4.62. The maximum atomic E-state index is 13.3. The molecule has 1 aromatic carbocycles. The predicted molar refractivity (Wildman–Crippen MR) is 94.9 cm³/mol. The summed E-state index contributed by atoms with van der Waals surface area (Å²) in [5.41, 5.74) is 1.92. The number of fused-ring (bicyclic) bond motifs is 1. The average molecular weight is 358 g/mol. The summed E-state index contributed by atoms with van der Waals surface area (Å²) >= 11 is 0. The van der Waals surface area contributed by atoms with E-state index in [1.165, 1.54) is 0 Å². The number of pyridine rings is 1. The molecule has 0 amide bonds. The third-order valence-corrected chi connectivity index (χ3v) is 6.88. The van der Waals surface area contributed by atoms with E-state index in [1.54, 1.807) is 34.9 Å². The molecule has 3 heterocycles. The maximum Gasteiger partial charge on any atom is 0.243 e. The lowest BCUT2D eigenvalue weighted by Crippen LogP contribution is -2.31. The summed E-state index contributed by atoms with van der Waals surface area (Å²) in [6, 6.07) is 8.88. The van der Waals surface area contributed by atoms with E-state index in [0.29, 0.717) is 17.4 Å². The minimum Gasteiger partial charge on any atom is -0.490 e. The SMILES string of the molecule is CC1CC(c2cccnc2)N(S(=O)(=O)c2ccc3c(c2)CC(C)O3)C1. The van der Waals surface area contributed by atoms with Gasteiger partial charge in [-0.2, -0.15) is 4.31 Å². The summed E-state index contributed by atoms with van der Waals surface area (Å²) in [6.07, 6.45) is 5.14. The van der Waals surface area contributed by atoms with Crippen LogP contribution in [0, 0.1) is 5.92 Å². The summed E-state index contributed by atoms with van der Waals surface area (Å²) in [7, 11) is -3.56. The van der Waals surface area contributed by atoms with E-state index in [-0.39, 0.29) is 12.1 Å². The third kappa shape index (κ3) is 2.93. The second kappa shape index (κ2) is 6.11. The monoisotopic (exact) mass is 358 g/mol. The van der Waals surface area contributed by atoms with Crippen molar-refractivity contribution in [1.29, 1.82) is 0 Å². The van der Waals surface area contributed by atoms with E-state index in [1.807, 2.05) is 19.1 Å². The molecule has 0 bridgehead atoms. The Morgan fingerprint density at radius 1 is 1.24 bits per heavy atom. The van der Waals surface area contributed by atoms with Gasteiger partial charge in [0, 0.05) is 25.4 Å². The lowest BCUT2D eigenvalue weighted by atomic mass is 10.0. The molecule has 0 saturated carbocycles. The number of rotatable bonds is 3. The standard InChI is InChI=1S/C19H22N2O3S/c1-13-8-18(15-4-3-7-20-11-15)21(12-13)25(22,23)17-5-6-19-16(10-17)9-14(2)24-19/h3-7,10-11,13-14,18H,8-9,12H2,1-2H3. The highest BCUT2D eigenvalue weighted by Gasteiger charge is 2.40. The molecule has 1 aromatic heterocycles. The molecule has 3 unspecified atom stereocenters. The van der Waals surface area contributed by atoms with E-state index < -0.39 is 10.0 Å². The van der Waals surface area contributed by atoms with Crippen LogP contribution in [0.15, 0.2) is 47.6 Å². The first-order valence-corrected chi connectivity index (χ1v) is 10.1. The molecular weight excluding hydrogens is 336 g/mol. The molecule has 5 nitrogen and oxygen atoms in total. The molecule has 6 heteroatoms. The molecule has 0 aliphatic carbocycles. The molecule has 0 radical (unpaired) electrons. The van der Waals surface area contributed by atoms with Crippen LogP contribution in [0.25, 0.3) is 0 Å². The van der Waals surface area contributed by atoms with Gasteiger partial charge in [0.1, 0.15) is 11.9 Å². The first-order valence-electron chi connectivity index (χ1n) is 8.66. The first-order chi connectivity index (χ1) is 11.9. The van der Waals surface area contributed by atoms with Gasteiger partial charge in [0.05, 0.1) is 10.9 Å². The largest absolute Gasteiger partial charge is 0.490 e. The minimum atomic E-state index is -3.56. The van der Waals surface area contributed by atoms with E-state index in [2.05, 4.69) is 11.9 Å². The van der Waals surface area contributed by atoms with Crippen LogP contribution in [-0.2, 0) is 16.4 Å². The van der Waals surface area contributed by atoms with Gasteiger partial charge >= 0.3 is 0 Å². The van der Waals surface area contributed by atoms with Crippen LogP contribution in [0.4, 0.5) is 0 Å². The van der Waals surface area contributed by atoms with Crippen LogP contribution in [0.2, 0.25) is 0 Å².